The zero-order valence-electron chi connectivity index (χ0n) is 7.30. The average molecular weight is 184 g/mol. The van der Waals surface area contributed by atoms with Crippen LogP contribution >= 0.6 is 0 Å². The molecule has 1 N–H and O–H groups in total. The highest BCUT2D eigenvalue weighted by atomic mass is 19.1. The predicted octanol–water partition coefficient (Wildman–Crippen LogP) is 0.589. The van der Waals surface area contributed by atoms with Gasteiger partial charge in [0.15, 0.2) is 5.82 Å². The lowest BCUT2D eigenvalue weighted by atomic mass is 10.3. The number of carbonyl (C=O) groups excluding carboxylic acids is 1. The van der Waals surface area contributed by atoms with E-state index in [-0.39, 0.29) is 17.5 Å². The van der Waals surface area contributed by atoms with Crippen LogP contribution in [0.4, 0.5) is 4.39 Å². The van der Waals surface area contributed by atoms with E-state index in [0.29, 0.717) is 0 Å². The first-order valence-corrected chi connectivity index (χ1v) is 3.61. The molecule has 0 aromatic carbocycles. The van der Waals surface area contributed by atoms with Crippen molar-refractivity contribution in [2.75, 3.05) is 14.2 Å². The van der Waals surface area contributed by atoms with Gasteiger partial charge in [-0.05, 0) is 12.1 Å². The lowest BCUT2D eigenvalue weighted by Crippen LogP contribution is -2.19. The number of amides is 1. The summed E-state index contributed by atoms with van der Waals surface area (Å²) in [7, 11) is 2.76. The molecule has 0 radical (unpaired) electrons. The third-order valence-corrected chi connectivity index (χ3v) is 1.47. The van der Waals surface area contributed by atoms with Gasteiger partial charge in [-0.2, -0.15) is 0 Å². The van der Waals surface area contributed by atoms with E-state index in [9.17, 15) is 9.18 Å². The Kier molecular flexibility index (Phi) is 2.79. The number of carbonyl (C=O) groups is 1. The van der Waals surface area contributed by atoms with Crippen molar-refractivity contribution in [3.63, 3.8) is 0 Å². The van der Waals surface area contributed by atoms with Crippen molar-refractivity contribution in [2.45, 2.75) is 0 Å². The fraction of sp³-hybridized carbons (Fsp3) is 0.250. The lowest BCUT2D eigenvalue weighted by molar-refractivity contribution is 0.0957. The summed E-state index contributed by atoms with van der Waals surface area (Å²) in [5, 5.41) is 2.37. The molecule has 0 saturated heterocycles. The Hall–Kier alpha value is -1.65. The van der Waals surface area contributed by atoms with Gasteiger partial charge in [0.25, 0.3) is 11.8 Å². The van der Waals surface area contributed by atoms with Crippen molar-refractivity contribution in [2.24, 2.45) is 0 Å². The Balaban J connectivity index is 3.06. The minimum absolute atomic E-state index is 0.126. The minimum Gasteiger partial charge on any atom is -0.479 e. The number of rotatable bonds is 2. The van der Waals surface area contributed by atoms with E-state index >= 15 is 0 Å². The van der Waals surface area contributed by atoms with E-state index in [1.165, 1.54) is 20.2 Å². The molecule has 13 heavy (non-hydrogen) atoms. The van der Waals surface area contributed by atoms with Crippen molar-refractivity contribution >= 4 is 5.91 Å². The van der Waals surface area contributed by atoms with Gasteiger partial charge in [0.2, 0.25) is 0 Å². The first kappa shape index (κ1) is 9.44. The molecule has 4 nitrogen and oxygen atoms in total. The summed E-state index contributed by atoms with van der Waals surface area (Å²) in [6.45, 7) is 0. The van der Waals surface area contributed by atoms with Gasteiger partial charge in [-0.15, -0.1) is 0 Å². The maximum absolute atomic E-state index is 12.8. The van der Waals surface area contributed by atoms with Gasteiger partial charge in [-0.25, -0.2) is 9.37 Å². The normalized spacial score (nSPS) is 9.46. The van der Waals surface area contributed by atoms with Gasteiger partial charge in [0, 0.05) is 7.05 Å². The molecule has 1 aromatic rings. The second kappa shape index (κ2) is 3.84. The maximum atomic E-state index is 12.8. The zero-order valence-corrected chi connectivity index (χ0v) is 7.30. The maximum Gasteiger partial charge on any atom is 0.269 e. The number of pyridine rings is 1. The Morgan fingerprint density at radius 2 is 2.31 bits per heavy atom. The molecule has 0 fully saturated rings. The molecule has 0 atom stereocenters. The standard InChI is InChI=1S/C8H9FN2O2/c1-10-7(12)6-4-3-5(9)8(11-6)13-2/h3-4H,1-2H3,(H,10,12). The van der Waals surface area contributed by atoms with E-state index < -0.39 is 5.82 Å². The topological polar surface area (TPSA) is 51.2 Å². The van der Waals surface area contributed by atoms with E-state index in [4.69, 9.17) is 0 Å². The fourth-order valence-electron chi connectivity index (χ4n) is 0.821. The highest BCUT2D eigenvalue weighted by Crippen LogP contribution is 2.12. The zero-order chi connectivity index (χ0) is 9.84. The Morgan fingerprint density at radius 1 is 1.62 bits per heavy atom. The molecule has 1 rings (SSSR count). The van der Waals surface area contributed by atoms with Crippen molar-refractivity contribution in [1.82, 2.24) is 10.3 Å². The fourth-order valence-corrected chi connectivity index (χ4v) is 0.821. The number of hydrogen-bond acceptors (Lipinski definition) is 3. The summed E-state index contributed by atoms with van der Waals surface area (Å²) >= 11 is 0. The summed E-state index contributed by atoms with van der Waals surface area (Å²) < 4.78 is 17.4. The summed E-state index contributed by atoms with van der Waals surface area (Å²) in [5.41, 5.74) is 0.126. The molecule has 0 aliphatic carbocycles. The molecule has 0 saturated carbocycles. The summed E-state index contributed by atoms with van der Waals surface area (Å²) in [4.78, 5) is 14.7. The Morgan fingerprint density at radius 3 is 2.85 bits per heavy atom. The third kappa shape index (κ3) is 1.93. The minimum atomic E-state index is -0.588. The number of aromatic nitrogens is 1. The van der Waals surface area contributed by atoms with E-state index in [1.807, 2.05) is 0 Å². The van der Waals surface area contributed by atoms with Gasteiger partial charge in [0.1, 0.15) is 5.69 Å². The van der Waals surface area contributed by atoms with Gasteiger partial charge in [0.05, 0.1) is 7.11 Å². The highest BCUT2D eigenvalue weighted by molar-refractivity contribution is 5.92. The van der Waals surface area contributed by atoms with Crippen molar-refractivity contribution in [1.29, 1.82) is 0 Å². The highest BCUT2D eigenvalue weighted by Gasteiger charge is 2.09. The van der Waals surface area contributed by atoms with Crippen LogP contribution in [0.2, 0.25) is 0 Å². The van der Waals surface area contributed by atoms with Crippen LogP contribution in [0, 0.1) is 5.82 Å². The smallest absolute Gasteiger partial charge is 0.269 e. The first-order valence-electron chi connectivity index (χ1n) is 3.61. The third-order valence-electron chi connectivity index (χ3n) is 1.47. The van der Waals surface area contributed by atoms with Crippen LogP contribution in [0.1, 0.15) is 10.5 Å². The molecule has 0 aliphatic heterocycles. The SMILES string of the molecule is CNC(=O)c1ccc(F)c(OC)n1. The van der Waals surface area contributed by atoms with Crippen molar-refractivity contribution < 1.29 is 13.9 Å². The molecule has 1 aromatic heterocycles. The number of halogens is 1. The molecule has 1 heterocycles. The Labute approximate surface area is 74.7 Å². The number of hydrogen-bond donors (Lipinski definition) is 1. The molecule has 70 valence electrons. The van der Waals surface area contributed by atoms with Crippen LogP contribution in [0.3, 0.4) is 0 Å². The van der Waals surface area contributed by atoms with Crippen molar-refractivity contribution in [3.8, 4) is 5.88 Å². The predicted molar refractivity (Wildman–Crippen MR) is 44.1 cm³/mol. The lowest BCUT2D eigenvalue weighted by Gasteiger charge is -2.02. The molecule has 0 aliphatic rings. The summed E-state index contributed by atoms with van der Waals surface area (Å²) in [6, 6.07) is 2.42. The first-order chi connectivity index (χ1) is 6.19. The number of ether oxygens (including phenoxy) is 1. The summed E-state index contributed by atoms with van der Waals surface area (Å²) in [6.07, 6.45) is 0. The molecule has 5 heteroatoms. The van der Waals surface area contributed by atoms with Crippen LogP contribution in [-0.2, 0) is 0 Å². The van der Waals surface area contributed by atoms with Gasteiger partial charge in [-0.1, -0.05) is 0 Å². The largest absolute Gasteiger partial charge is 0.479 e. The molecular weight excluding hydrogens is 175 g/mol. The van der Waals surface area contributed by atoms with Gasteiger partial charge >= 0.3 is 0 Å². The second-order valence-electron chi connectivity index (χ2n) is 2.27. The van der Waals surface area contributed by atoms with Crippen molar-refractivity contribution in [3.05, 3.63) is 23.6 Å². The average Bonchev–Trinajstić information content (AvgIpc) is 2.17. The summed E-state index contributed by atoms with van der Waals surface area (Å²) in [5.74, 6) is -1.14. The second-order valence-corrected chi connectivity index (χ2v) is 2.27. The van der Waals surface area contributed by atoms with Crippen LogP contribution in [0.15, 0.2) is 12.1 Å². The number of nitrogens with zero attached hydrogens (tertiary/aromatic N) is 1. The van der Waals surface area contributed by atoms with Gasteiger partial charge in [-0.3, -0.25) is 4.79 Å². The molecular formula is C8H9FN2O2. The quantitative estimate of drug-likeness (QED) is 0.731. The molecule has 0 spiro atoms. The molecule has 1 amide bonds. The van der Waals surface area contributed by atoms with E-state index in [0.717, 1.165) is 6.07 Å². The molecule has 0 bridgehead atoms. The number of nitrogens with one attached hydrogen (secondary N) is 1. The monoisotopic (exact) mass is 184 g/mol. The van der Waals surface area contributed by atoms with E-state index in [2.05, 4.69) is 15.0 Å². The van der Waals surface area contributed by atoms with Gasteiger partial charge < -0.3 is 10.1 Å². The van der Waals surface area contributed by atoms with Crippen LogP contribution in [0.25, 0.3) is 0 Å². The Bertz CT molecular complexity index is 328. The molecule has 0 unspecified atom stereocenters. The van der Waals surface area contributed by atoms with Crippen LogP contribution in [-0.4, -0.2) is 25.0 Å². The van der Waals surface area contributed by atoms with E-state index in [1.54, 1.807) is 0 Å². The number of methoxy groups -OCH3 is 1. The van der Waals surface area contributed by atoms with Crippen LogP contribution < -0.4 is 10.1 Å². The van der Waals surface area contributed by atoms with Crippen LogP contribution in [0.5, 0.6) is 5.88 Å².